The number of amides is 1. The molecule has 0 unspecified atom stereocenters. The van der Waals surface area contributed by atoms with E-state index < -0.39 is 16.7 Å². The maximum absolute atomic E-state index is 12.3. The van der Waals surface area contributed by atoms with Gasteiger partial charge in [0.15, 0.2) is 5.76 Å². The highest BCUT2D eigenvalue weighted by molar-refractivity contribution is 5.97. The van der Waals surface area contributed by atoms with Crippen LogP contribution in [0.25, 0.3) is 0 Å². The first-order valence-electron chi connectivity index (χ1n) is 8.61. The van der Waals surface area contributed by atoms with E-state index in [1.165, 1.54) is 18.3 Å². The van der Waals surface area contributed by atoms with Gasteiger partial charge in [-0.3, -0.25) is 14.9 Å². The molecule has 0 aliphatic heterocycles. The van der Waals surface area contributed by atoms with Crippen LogP contribution in [0.5, 0.6) is 11.5 Å². The minimum atomic E-state index is -0.662. The van der Waals surface area contributed by atoms with Gasteiger partial charge in [-0.15, -0.1) is 0 Å². The Bertz CT molecular complexity index is 1000. The minimum Gasteiger partial charge on any atom is -0.490 e. The average Bonchev–Trinajstić information content (AvgIpc) is 3.21. The smallest absolute Gasteiger partial charge is 0.433 e. The van der Waals surface area contributed by atoms with Crippen molar-refractivity contribution in [3.8, 4) is 11.5 Å². The number of para-hydroxylation sites is 2. The summed E-state index contributed by atoms with van der Waals surface area (Å²) in [5.41, 5.74) is 2.62. The van der Waals surface area contributed by atoms with E-state index in [1.807, 2.05) is 30.3 Å². The quantitative estimate of drug-likeness (QED) is 0.257. The van der Waals surface area contributed by atoms with E-state index in [0.29, 0.717) is 12.4 Å². The number of nitrogens with zero attached hydrogens (tertiary/aromatic N) is 2. The second-order valence-corrected chi connectivity index (χ2v) is 5.64. The third-order valence-electron chi connectivity index (χ3n) is 3.63. The third kappa shape index (κ3) is 5.67. The van der Waals surface area contributed by atoms with Gasteiger partial charge in [0.25, 0.3) is 5.91 Å². The molecule has 0 saturated carbocycles. The number of nitrogens with one attached hydrogen (secondary N) is 1. The Balaban J connectivity index is 1.53. The first-order valence-corrected chi connectivity index (χ1v) is 8.61. The maximum Gasteiger partial charge on any atom is 0.433 e. The fourth-order valence-corrected chi connectivity index (χ4v) is 2.33. The predicted molar refractivity (Wildman–Crippen MR) is 104 cm³/mol. The van der Waals surface area contributed by atoms with Crippen LogP contribution < -0.4 is 14.9 Å². The second-order valence-electron chi connectivity index (χ2n) is 5.64. The first-order chi connectivity index (χ1) is 14.1. The topological polar surface area (TPSA) is 116 Å². The summed E-state index contributed by atoms with van der Waals surface area (Å²) in [5.74, 6) is 0.343. The number of benzene rings is 2. The molecule has 0 aliphatic rings. The minimum absolute atomic E-state index is 0.139. The molecule has 1 N–H and O–H groups in total. The van der Waals surface area contributed by atoms with Gasteiger partial charge in [-0.2, -0.15) is 5.10 Å². The molecule has 0 radical (unpaired) electrons. The van der Waals surface area contributed by atoms with Crippen molar-refractivity contribution in [3.63, 3.8) is 0 Å². The molecule has 0 fully saturated rings. The van der Waals surface area contributed by atoms with Crippen LogP contribution in [0.15, 0.2) is 76.2 Å². The molecule has 1 heterocycles. The van der Waals surface area contributed by atoms with Crippen molar-refractivity contribution in [1.29, 1.82) is 0 Å². The third-order valence-corrected chi connectivity index (χ3v) is 3.63. The van der Waals surface area contributed by atoms with Crippen LogP contribution in [-0.4, -0.2) is 30.3 Å². The van der Waals surface area contributed by atoms with Gasteiger partial charge in [0.2, 0.25) is 0 Å². The van der Waals surface area contributed by atoms with Gasteiger partial charge in [-0.1, -0.05) is 30.3 Å². The van der Waals surface area contributed by atoms with Gasteiger partial charge >= 0.3 is 5.88 Å². The fraction of sp³-hybridized carbons (Fsp3) is 0.100. The zero-order valence-corrected chi connectivity index (χ0v) is 15.2. The molecule has 3 rings (SSSR count). The Labute approximate surface area is 165 Å². The molecular weight excluding hydrogens is 378 g/mol. The number of carbonyl (C=O) groups is 1. The van der Waals surface area contributed by atoms with E-state index in [0.717, 1.165) is 5.75 Å². The average molecular weight is 395 g/mol. The van der Waals surface area contributed by atoms with Crippen LogP contribution in [0.1, 0.15) is 16.1 Å². The maximum atomic E-state index is 12.3. The SMILES string of the molecule is O=C(N/N=C\c1ccc([N+](=O)[O-])o1)c1ccccc1OCCOc1ccccc1. The highest BCUT2D eigenvalue weighted by Crippen LogP contribution is 2.18. The summed E-state index contributed by atoms with van der Waals surface area (Å²) >= 11 is 0. The lowest BCUT2D eigenvalue weighted by atomic mass is 10.2. The summed E-state index contributed by atoms with van der Waals surface area (Å²) in [6, 6.07) is 18.6. The van der Waals surface area contributed by atoms with Crippen LogP contribution in [0.3, 0.4) is 0 Å². The van der Waals surface area contributed by atoms with Crippen LogP contribution >= 0.6 is 0 Å². The van der Waals surface area contributed by atoms with Gasteiger partial charge < -0.3 is 13.9 Å². The summed E-state index contributed by atoms with van der Waals surface area (Å²) in [5, 5.41) is 14.3. The molecule has 0 atom stereocenters. The summed E-state index contributed by atoms with van der Waals surface area (Å²) in [6.45, 7) is 0.563. The Morgan fingerprint density at radius 2 is 1.76 bits per heavy atom. The molecular formula is C20H17N3O6. The van der Waals surface area contributed by atoms with Gasteiger partial charge in [0.05, 0.1) is 17.8 Å². The van der Waals surface area contributed by atoms with Gasteiger partial charge in [0, 0.05) is 0 Å². The Morgan fingerprint density at radius 3 is 2.52 bits per heavy atom. The Hall–Kier alpha value is -4.14. The van der Waals surface area contributed by atoms with Crippen molar-refractivity contribution in [1.82, 2.24) is 5.43 Å². The monoisotopic (exact) mass is 395 g/mol. The fourth-order valence-electron chi connectivity index (χ4n) is 2.33. The molecule has 3 aromatic rings. The number of nitro groups is 1. The molecule has 0 spiro atoms. The number of furan rings is 1. The number of hydrogen-bond donors (Lipinski definition) is 1. The van der Waals surface area contributed by atoms with E-state index in [-0.39, 0.29) is 17.9 Å². The van der Waals surface area contributed by atoms with E-state index in [4.69, 9.17) is 13.9 Å². The van der Waals surface area contributed by atoms with E-state index in [2.05, 4.69) is 10.5 Å². The highest BCUT2D eigenvalue weighted by Gasteiger charge is 2.12. The van der Waals surface area contributed by atoms with Crippen molar-refractivity contribution in [2.24, 2.45) is 5.10 Å². The van der Waals surface area contributed by atoms with Crippen molar-refractivity contribution >= 4 is 18.0 Å². The summed E-state index contributed by atoms with van der Waals surface area (Å²) in [7, 11) is 0. The number of hydrazone groups is 1. The number of hydrogen-bond acceptors (Lipinski definition) is 7. The van der Waals surface area contributed by atoms with Gasteiger partial charge in [-0.25, -0.2) is 5.43 Å². The molecule has 29 heavy (non-hydrogen) atoms. The van der Waals surface area contributed by atoms with Crippen molar-refractivity contribution in [2.75, 3.05) is 13.2 Å². The molecule has 9 nitrogen and oxygen atoms in total. The molecule has 0 saturated heterocycles. The van der Waals surface area contributed by atoms with Crippen LogP contribution in [0, 0.1) is 10.1 Å². The van der Waals surface area contributed by atoms with Crippen LogP contribution in [-0.2, 0) is 0 Å². The normalized spacial score (nSPS) is 10.6. The lowest BCUT2D eigenvalue weighted by Gasteiger charge is -2.11. The lowest BCUT2D eigenvalue weighted by molar-refractivity contribution is -0.402. The molecule has 9 heteroatoms. The van der Waals surface area contributed by atoms with E-state index in [1.54, 1.807) is 24.3 Å². The first kappa shape index (κ1) is 19.6. The van der Waals surface area contributed by atoms with Crippen molar-refractivity contribution < 1.29 is 23.6 Å². The second kappa shape index (κ2) is 9.70. The molecule has 1 amide bonds. The number of ether oxygens (including phenoxy) is 2. The summed E-state index contributed by atoms with van der Waals surface area (Å²) in [6.07, 6.45) is 1.17. The lowest BCUT2D eigenvalue weighted by Crippen LogP contribution is -2.19. The van der Waals surface area contributed by atoms with E-state index in [9.17, 15) is 14.9 Å². The predicted octanol–water partition coefficient (Wildman–Crippen LogP) is 3.41. The highest BCUT2D eigenvalue weighted by atomic mass is 16.6. The van der Waals surface area contributed by atoms with Crippen molar-refractivity contribution in [2.45, 2.75) is 0 Å². The Kier molecular flexibility index (Phi) is 6.56. The molecule has 148 valence electrons. The van der Waals surface area contributed by atoms with Crippen LogP contribution in [0.4, 0.5) is 5.88 Å². The molecule has 2 aromatic carbocycles. The summed E-state index contributed by atoms with van der Waals surface area (Å²) < 4.78 is 16.1. The molecule has 0 bridgehead atoms. The van der Waals surface area contributed by atoms with E-state index >= 15 is 0 Å². The largest absolute Gasteiger partial charge is 0.490 e. The summed E-state index contributed by atoms with van der Waals surface area (Å²) in [4.78, 5) is 22.3. The molecule has 0 aliphatic carbocycles. The van der Waals surface area contributed by atoms with Gasteiger partial charge in [-0.05, 0) is 30.3 Å². The zero-order chi connectivity index (χ0) is 20.5. The van der Waals surface area contributed by atoms with Crippen LogP contribution in [0.2, 0.25) is 0 Å². The number of rotatable bonds is 9. The molecule has 1 aromatic heterocycles. The number of carbonyl (C=O) groups excluding carboxylic acids is 1. The van der Waals surface area contributed by atoms with Crippen molar-refractivity contribution in [3.05, 3.63) is 88.2 Å². The zero-order valence-electron chi connectivity index (χ0n) is 15.2. The standard InChI is InChI=1S/C20H17N3O6/c24-20(22-21-14-16-10-11-19(29-16)23(25)26)17-8-4-5-9-18(17)28-13-12-27-15-6-2-1-3-7-15/h1-11,14H,12-13H2,(H,22,24)/b21-14-. The Morgan fingerprint density at radius 1 is 1.03 bits per heavy atom. The van der Waals surface area contributed by atoms with Gasteiger partial charge in [0.1, 0.15) is 29.6 Å².